The first-order chi connectivity index (χ1) is 8.70. The number of rotatable bonds is 3. The molecule has 0 bridgehead atoms. The standard InChI is InChI=1S/C13H17N3O2.ClH/c14-15-9-10-1-3-12(4-2-10)16-7-5-11(6-8-16)13(17)18;/h1-4,9,11H,5-8,14H2,(H,17,18);1H/b15-9+;. The molecule has 6 heteroatoms. The molecule has 0 spiro atoms. The summed E-state index contributed by atoms with van der Waals surface area (Å²) in [5.41, 5.74) is 2.08. The highest BCUT2D eigenvalue weighted by Gasteiger charge is 2.24. The monoisotopic (exact) mass is 283 g/mol. The van der Waals surface area contributed by atoms with Gasteiger partial charge < -0.3 is 15.8 Å². The molecule has 2 rings (SSSR count). The van der Waals surface area contributed by atoms with Gasteiger partial charge in [0, 0.05) is 18.8 Å². The molecule has 0 radical (unpaired) electrons. The molecule has 1 aromatic rings. The van der Waals surface area contributed by atoms with Crippen LogP contribution in [0.3, 0.4) is 0 Å². The van der Waals surface area contributed by atoms with Gasteiger partial charge >= 0.3 is 5.97 Å². The number of hydrogen-bond acceptors (Lipinski definition) is 4. The fraction of sp³-hybridized carbons (Fsp3) is 0.385. The van der Waals surface area contributed by atoms with Gasteiger partial charge in [0.2, 0.25) is 0 Å². The molecule has 0 aromatic heterocycles. The van der Waals surface area contributed by atoms with Crippen molar-refractivity contribution < 1.29 is 9.90 Å². The molecular weight excluding hydrogens is 266 g/mol. The predicted octanol–water partition coefficient (Wildman–Crippen LogP) is 1.70. The Morgan fingerprint density at radius 1 is 1.32 bits per heavy atom. The third-order valence-electron chi connectivity index (χ3n) is 3.33. The van der Waals surface area contributed by atoms with Gasteiger partial charge in [-0.05, 0) is 30.5 Å². The molecule has 0 aliphatic carbocycles. The second-order valence-electron chi connectivity index (χ2n) is 4.47. The Morgan fingerprint density at radius 2 is 1.89 bits per heavy atom. The number of carboxylic acids is 1. The van der Waals surface area contributed by atoms with Gasteiger partial charge in [0.25, 0.3) is 0 Å². The van der Waals surface area contributed by atoms with Crippen molar-refractivity contribution in [1.29, 1.82) is 0 Å². The summed E-state index contributed by atoms with van der Waals surface area (Å²) >= 11 is 0. The number of nitrogens with zero attached hydrogens (tertiary/aromatic N) is 2. The van der Waals surface area contributed by atoms with Gasteiger partial charge in [-0.1, -0.05) is 12.1 Å². The number of piperidine rings is 1. The molecule has 19 heavy (non-hydrogen) atoms. The summed E-state index contributed by atoms with van der Waals surface area (Å²) in [5.74, 6) is 4.22. The highest BCUT2D eigenvalue weighted by Crippen LogP contribution is 2.23. The quantitative estimate of drug-likeness (QED) is 0.503. The first-order valence-electron chi connectivity index (χ1n) is 6.02. The lowest BCUT2D eigenvalue weighted by molar-refractivity contribution is -0.142. The zero-order chi connectivity index (χ0) is 13.0. The summed E-state index contributed by atoms with van der Waals surface area (Å²) in [6, 6.07) is 7.93. The van der Waals surface area contributed by atoms with Crippen LogP contribution in [-0.2, 0) is 4.79 Å². The number of aliphatic carboxylic acids is 1. The average Bonchev–Trinajstić information content (AvgIpc) is 2.40. The molecule has 1 aliphatic heterocycles. The third kappa shape index (κ3) is 3.86. The van der Waals surface area contributed by atoms with E-state index in [-0.39, 0.29) is 18.3 Å². The molecule has 1 saturated heterocycles. The van der Waals surface area contributed by atoms with Gasteiger partial charge in [-0.25, -0.2) is 0 Å². The smallest absolute Gasteiger partial charge is 0.306 e. The molecular formula is C13H18ClN3O2. The van der Waals surface area contributed by atoms with E-state index in [0.29, 0.717) is 12.8 Å². The minimum Gasteiger partial charge on any atom is -0.481 e. The minimum atomic E-state index is -0.677. The lowest BCUT2D eigenvalue weighted by Gasteiger charge is -2.31. The summed E-state index contributed by atoms with van der Waals surface area (Å²) in [7, 11) is 0. The maximum atomic E-state index is 10.9. The lowest BCUT2D eigenvalue weighted by Crippen LogP contribution is -2.36. The number of hydrazone groups is 1. The van der Waals surface area contributed by atoms with E-state index in [2.05, 4.69) is 10.0 Å². The largest absolute Gasteiger partial charge is 0.481 e. The van der Waals surface area contributed by atoms with E-state index in [1.807, 2.05) is 24.3 Å². The Labute approximate surface area is 118 Å². The van der Waals surface area contributed by atoms with Crippen LogP contribution in [0.2, 0.25) is 0 Å². The van der Waals surface area contributed by atoms with Gasteiger partial charge in [0.15, 0.2) is 0 Å². The zero-order valence-electron chi connectivity index (χ0n) is 10.5. The maximum absolute atomic E-state index is 10.9. The fourth-order valence-electron chi connectivity index (χ4n) is 2.24. The Morgan fingerprint density at radius 3 is 2.37 bits per heavy atom. The molecule has 0 saturated carbocycles. The van der Waals surface area contributed by atoms with Gasteiger partial charge in [-0.3, -0.25) is 4.79 Å². The van der Waals surface area contributed by atoms with E-state index in [4.69, 9.17) is 10.9 Å². The topological polar surface area (TPSA) is 78.9 Å². The van der Waals surface area contributed by atoms with Gasteiger partial charge in [0.05, 0.1) is 12.1 Å². The van der Waals surface area contributed by atoms with Crippen molar-refractivity contribution in [3.63, 3.8) is 0 Å². The molecule has 3 N–H and O–H groups in total. The van der Waals surface area contributed by atoms with Crippen LogP contribution in [0.15, 0.2) is 29.4 Å². The zero-order valence-corrected chi connectivity index (χ0v) is 11.3. The SMILES string of the molecule is Cl.N/N=C/c1ccc(N2CCC(C(=O)O)CC2)cc1. The number of nitrogens with two attached hydrogens (primary N) is 1. The second-order valence-corrected chi connectivity index (χ2v) is 4.47. The summed E-state index contributed by atoms with van der Waals surface area (Å²) in [4.78, 5) is 13.1. The first kappa shape index (κ1) is 15.3. The van der Waals surface area contributed by atoms with E-state index in [9.17, 15) is 4.79 Å². The highest BCUT2D eigenvalue weighted by molar-refractivity contribution is 5.85. The summed E-state index contributed by atoms with van der Waals surface area (Å²) in [6.07, 6.45) is 3.02. The van der Waals surface area contributed by atoms with Gasteiger partial charge in [0.1, 0.15) is 0 Å². The molecule has 0 unspecified atom stereocenters. The lowest BCUT2D eigenvalue weighted by atomic mass is 9.96. The van der Waals surface area contributed by atoms with E-state index in [1.54, 1.807) is 6.21 Å². The van der Waals surface area contributed by atoms with Crippen LogP contribution in [0.1, 0.15) is 18.4 Å². The van der Waals surface area contributed by atoms with Crippen LogP contribution in [-0.4, -0.2) is 30.4 Å². The third-order valence-corrected chi connectivity index (χ3v) is 3.33. The fourth-order valence-corrected chi connectivity index (χ4v) is 2.24. The van der Waals surface area contributed by atoms with Crippen LogP contribution in [0.4, 0.5) is 5.69 Å². The number of hydrogen-bond donors (Lipinski definition) is 2. The van der Waals surface area contributed by atoms with Crippen LogP contribution < -0.4 is 10.7 Å². The van der Waals surface area contributed by atoms with Crippen molar-refractivity contribution in [2.45, 2.75) is 12.8 Å². The number of anilines is 1. The molecule has 0 amide bonds. The average molecular weight is 284 g/mol. The number of benzene rings is 1. The summed E-state index contributed by atoms with van der Waals surface area (Å²) < 4.78 is 0. The van der Waals surface area contributed by atoms with Crippen molar-refractivity contribution >= 4 is 30.3 Å². The molecule has 0 atom stereocenters. The Hall–Kier alpha value is -1.75. The Kier molecular flexibility index (Phi) is 5.63. The summed E-state index contributed by atoms with van der Waals surface area (Å²) in [5, 5.41) is 12.4. The molecule has 1 aliphatic rings. The molecule has 1 fully saturated rings. The van der Waals surface area contributed by atoms with Crippen molar-refractivity contribution in [1.82, 2.24) is 0 Å². The maximum Gasteiger partial charge on any atom is 0.306 e. The van der Waals surface area contributed by atoms with Crippen LogP contribution >= 0.6 is 12.4 Å². The van der Waals surface area contributed by atoms with E-state index >= 15 is 0 Å². The number of halogens is 1. The predicted molar refractivity (Wildman–Crippen MR) is 78.0 cm³/mol. The Bertz CT molecular complexity index is 440. The van der Waals surface area contributed by atoms with E-state index < -0.39 is 5.97 Å². The second kappa shape index (κ2) is 6.99. The minimum absolute atomic E-state index is 0. The van der Waals surface area contributed by atoms with Crippen LogP contribution in [0.25, 0.3) is 0 Å². The normalized spacial score (nSPS) is 16.3. The Balaban J connectivity index is 0.00000180. The summed E-state index contributed by atoms with van der Waals surface area (Å²) in [6.45, 7) is 1.59. The van der Waals surface area contributed by atoms with Gasteiger partial charge in [-0.15, -0.1) is 12.4 Å². The molecule has 104 valence electrons. The first-order valence-corrected chi connectivity index (χ1v) is 6.02. The molecule has 1 heterocycles. The van der Waals surface area contributed by atoms with Crippen LogP contribution in [0.5, 0.6) is 0 Å². The molecule has 5 nitrogen and oxygen atoms in total. The molecule has 1 aromatic carbocycles. The van der Waals surface area contributed by atoms with Crippen molar-refractivity contribution in [3.8, 4) is 0 Å². The van der Waals surface area contributed by atoms with E-state index in [1.165, 1.54) is 0 Å². The number of carboxylic acid groups (broad SMARTS) is 1. The van der Waals surface area contributed by atoms with E-state index in [0.717, 1.165) is 24.3 Å². The highest BCUT2D eigenvalue weighted by atomic mass is 35.5. The van der Waals surface area contributed by atoms with Crippen LogP contribution in [0, 0.1) is 5.92 Å². The van der Waals surface area contributed by atoms with Crippen molar-refractivity contribution in [3.05, 3.63) is 29.8 Å². The van der Waals surface area contributed by atoms with Crippen molar-refractivity contribution in [2.75, 3.05) is 18.0 Å². The van der Waals surface area contributed by atoms with Crippen molar-refractivity contribution in [2.24, 2.45) is 16.9 Å². The number of carbonyl (C=O) groups is 1. The van der Waals surface area contributed by atoms with Gasteiger partial charge in [-0.2, -0.15) is 5.10 Å².